The highest BCUT2D eigenvalue weighted by atomic mass is 32.1. The third-order valence-electron chi connectivity index (χ3n) is 4.06. The molecule has 0 saturated heterocycles. The van der Waals surface area contributed by atoms with Gasteiger partial charge in [-0.15, -0.1) is 11.3 Å². The molecule has 116 valence electrons. The summed E-state index contributed by atoms with van der Waals surface area (Å²) >= 11 is 1.88. The lowest BCUT2D eigenvalue weighted by molar-refractivity contribution is 0.313. The number of hydrogen-bond donors (Lipinski definition) is 1. The second kappa shape index (κ2) is 7.12. The summed E-state index contributed by atoms with van der Waals surface area (Å²) in [7, 11) is 0. The summed E-state index contributed by atoms with van der Waals surface area (Å²) in [5.41, 5.74) is 9.72. The van der Waals surface area contributed by atoms with Crippen molar-refractivity contribution < 1.29 is 4.74 Å². The van der Waals surface area contributed by atoms with Crippen LogP contribution in [0.15, 0.2) is 36.4 Å². The molecule has 1 heterocycles. The summed E-state index contributed by atoms with van der Waals surface area (Å²) in [6.45, 7) is 3.59. The Morgan fingerprint density at radius 1 is 1.23 bits per heavy atom. The Morgan fingerprint density at radius 3 is 2.73 bits per heavy atom. The van der Waals surface area contributed by atoms with Crippen molar-refractivity contribution in [1.82, 2.24) is 0 Å². The van der Waals surface area contributed by atoms with Crippen molar-refractivity contribution in [2.75, 3.05) is 13.2 Å². The van der Waals surface area contributed by atoms with Gasteiger partial charge in [-0.2, -0.15) is 0 Å². The largest absolute Gasteiger partial charge is 0.494 e. The van der Waals surface area contributed by atoms with Crippen LogP contribution < -0.4 is 10.5 Å². The van der Waals surface area contributed by atoms with Crippen LogP contribution in [0.5, 0.6) is 5.75 Å². The standard InChI is InChI=1S/C19H23NOS/c1-14-18(15-5-2-3-6-15)13-19(22-14)16-7-9-17(10-8-16)21-12-4-11-20/h5,7-10,13H,2-4,6,11-12,20H2,1H3. The highest BCUT2D eigenvalue weighted by Crippen LogP contribution is 2.38. The van der Waals surface area contributed by atoms with E-state index in [9.17, 15) is 0 Å². The molecular weight excluding hydrogens is 290 g/mol. The summed E-state index contributed by atoms with van der Waals surface area (Å²) in [6, 6.07) is 10.7. The third kappa shape index (κ3) is 3.42. The van der Waals surface area contributed by atoms with E-state index in [1.807, 2.05) is 11.3 Å². The van der Waals surface area contributed by atoms with Crippen molar-refractivity contribution in [3.63, 3.8) is 0 Å². The van der Waals surface area contributed by atoms with Gasteiger partial charge in [-0.25, -0.2) is 0 Å². The minimum atomic E-state index is 0.672. The number of thiophene rings is 1. The van der Waals surface area contributed by atoms with E-state index >= 15 is 0 Å². The molecule has 22 heavy (non-hydrogen) atoms. The van der Waals surface area contributed by atoms with Gasteiger partial charge in [0.2, 0.25) is 0 Å². The number of allylic oxidation sites excluding steroid dienone is 2. The molecule has 1 aromatic carbocycles. The zero-order valence-corrected chi connectivity index (χ0v) is 13.9. The smallest absolute Gasteiger partial charge is 0.119 e. The lowest BCUT2D eigenvalue weighted by Crippen LogP contribution is -2.05. The summed E-state index contributed by atoms with van der Waals surface area (Å²) in [6.07, 6.45) is 7.05. The molecule has 0 bridgehead atoms. The fraction of sp³-hybridized carbons (Fsp3) is 0.368. The second-order valence-electron chi connectivity index (χ2n) is 5.72. The lowest BCUT2D eigenvalue weighted by atomic mass is 10.1. The van der Waals surface area contributed by atoms with E-state index in [-0.39, 0.29) is 0 Å². The number of hydrogen-bond acceptors (Lipinski definition) is 3. The quantitative estimate of drug-likeness (QED) is 0.760. The van der Waals surface area contributed by atoms with Gasteiger partial charge in [-0.1, -0.05) is 6.08 Å². The molecule has 0 fully saturated rings. The molecule has 2 aromatic rings. The van der Waals surface area contributed by atoms with Crippen molar-refractivity contribution in [2.45, 2.75) is 32.6 Å². The number of rotatable bonds is 6. The van der Waals surface area contributed by atoms with Crippen molar-refractivity contribution in [1.29, 1.82) is 0 Å². The summed E-state index contributed by atoms with van der Waals surface area (Å²) < 4.78 is 5.66. The summed E-state index contributed by atoms with van der Waals surface area (Å²) in [4.78, 5) is 2.76. The van der Waals surface area contributed by atoms with Crippen molar-refractivity contribution >= 4 is 16.9 Å². The van der Waals surface area contributed by atoms with E-state index in [0.29, 0.717) is 13.2 Å². The third-order valence-corrected chi connectivity index (χ3v) is 5.16. The van der Waals surface area contributed by atoms with Gasteiger partial charge in [0.25, 0.3) is 0 Å². The molecule has 3 rings (SSSR count). The van der Waals surface area contributed by atoms with Crippen LogP contribution in [-0.4, -0.2) is 13.2 Å². The van der Waals surface area contributed by atoms with E-state index < -0.39 is 0 Å². The number of ether oxygens (including phenoxy) is 1. The van der Waals surface area contributed by atoms with Gasteiger partial charge in [0.05, 0.1) is 6.61 Å². The molecule has 2 N–H and O–H groups in total. The van der Waals surface area contributed by atoms with Crippen molar-refractivity contribution in [2.24, 2.45) is 5.73 Å². The first-order chi connectivity index (χ1) is 10.8. The second-order valence-corrected chi connectivity index (χ2v) is 6.97. The molecule has 1 aliphatic carbocycles. The maximum absolute atomic E-state index is 5.66. The fourth-order valence-corrected chi connectivity index (χ4v) is 3.91. The van der Waals surface area contributed by atoms with Gasteiger partial charge in [0, 0.05) is 9.75 Å². The van der Waals surface area contributed by atoms with Gasteiger partial charge in [-0.05, 0) is 86.2 Å². The number of nitrogens with two attached hydrogens (primary N) is 1. The first kappa shape index (κ1) is 15.3. The van der Waals surface area contributed by atoms with Crippen LogP contribution in [-0.2, 0) is 0 Å². The van der Waals surface area contributed by atoms with E-state index in [0.717, 1.165) is 12.2 Å². The first-order valence-corrected chi connectivity index (χ1v) is 8.82. The predicted molar refractivity (Wildman–Crippen MR) is 95.5 cm³/mol. The molecule has 0 atom stereocenters. The summed E-state index contributed by atoms with van der Waals surface area (Å²) in [5.74, 6) is 0.921. The van der Waals surface area contributed by atoms with Crippen molar-refractivity contribution in [3.05, 3.63) is 46.8 Å². The Labute approximate surface area is 136 Å². The molecule has 0 saturated carbocycles. The van der Waals surface area contributed by atoms with Crippen LogP contribution in [0.1, 0.15) is 36.1 Å². The maximum Gasteiger partial charge on any atom is 0.119 e. The minimum Gasteiger partial charge on any atom is -0.494 e. The van der Waals surface area contributed by atoms with Gasteiger partial charge in [0.15, 0.2) is 0 Å². The zero-order valence-electron chi connectivity index (χ0n) is 13.1. The summed E-state index contributed by atoms with van der Waals surface area (Å²) in [5, 5.41) is 0. The SMILES string of the molecule is Cc1sc(-c2ccc(OCCCN)cc2)cc1C1=CCCC1. The monoisotopic (exact) mass is 313 g/mol. The average Bonchev–Trinajstić information content (AvgIpc) is 3.17. The van der Waals surface area contributed by atoms with Crippen LogP contribution >= 0.6 is 11.3 Å². The molecule has 0 spiro atoms. The van der Waals surface area contributed by atoms with E-state index in [1.54, 1.807) is 0 Å². The molecule has 3 heteroatoms. The van der Waals surface area contributed by atoms with Crippen molar-refractivity contribution in [3.8, 4) is 16.2 Å². The van der Waals surface area contributed by atoms with E-state index in [2.05, 4.69) is 43.3 Å². The minimum absolute atomic E-state index is 0.672. The van der Waals surface area contributed by atoms with Crippen LogP contribution in [0.4, 0.5) is 0 Å². The molecule has 0 amide bonds. The molecule has 0 aliphatic heterocycles. The zero-order chi connectivity index (χ0) is 15.4. The molecule has 1 aromatic heterocycles. The van der Waals surface area contributed by atoms with Gasteiger partial charge >= 0.3 is 0 Å². The number of aryl methyl sites for hydroxylation is 1. The molecular formula is C19H23NOS. The van der Waals surface area contributed by atoms with Crippen LogP contribution in [0.3, 0.4) is 0 Å². The maximum atomic E-state index is 5.66. The Morgan fingerprint density at radius 2 is 2.05 bits per heavy atom. The molecule has 0 radical (unpaired) electrons. The fourth-order valence-electron chi connectivity index (χ4n) is 2.85. The molecule has 0 unspecified atom stereocenters. The van der Waals surface area contributed by atoms with Gasteiger partial charge < -0.3 is 10.5 Å². The highest BCUT2D eigenvalue weighted by Gasteiger charge is 2.13. The highest BCUT2D eigenvalue weighted by molar-refractivity contribution is 7.15. The number of benzene rings is 1. The predicted octanol–water partition coefficient (Wildman–Crippen LogP) is 5.02. The molecule has 2 nitrogen and oxygen atoms in total. The van der Waals surface area contributed by atoms with E-state index in [4.69, 9.17) is 10.5 Å². The van der Waals surface area contributed by atoms with Gasteiger partial charge in [0.1, 0.15) is 5.75 Å². The van der Waals surface area contributed by atoms with Gasteiger partial charge in [-0.3, -0.25) is 0 Å². The topological polar surface area (TPSA) is 35.2 Å². The Balaban J connectivity index is 1.75. The normalized spacial score (nSPS) is 14.2. The Bertz CT molecular complexity index is 655. The van der Waals surface area contributed by atoms with Crippen LogP contribution in [0, 0.1) is 6.92 Å². The average molecular weight is 313 g/mol. The Kier molecular flexibility index (Phi) is 4.96. The molecule has 1 aliphatic rings. The van der Waals surface area contributed by atoms with Crippen LogP contribution in [0.2, 0.25) is 0 Å². The lowest BCUT2D eigenvalue weighted by Gasteiger charge is -2.05. The van der Waals surface area contributed by atoms with Crippen LogP contribution in [0.25, 0.3) is 16.0 Å². The first-order valence-electron chi connectivity index (χ1n) is 8.01. The van der Waals surface area contributed by atoms with E-state index in [1.165, 1.54) is 45.7 Å². The Hall–Kier alpha value is -1.58.